The molecule has 1 aliphatic heterocycles. The number of hydrogen-bond acceptors (Lipinski definition) is 3. The molecule has 4 atom stereocenters. The van der Waals surface area contributed by atoms with Crippen LogP contribution in [-0.4, -0.2) is 46.3 Å². The topological polar surface area (TPSA) is 60.8 Å². The van der Waals surface area contributed by atoms with Crippen molar-refractivity contribution in [3.8, 4) is 0 Å². The molecule has 1 aromatic carbocycles. The summed E-state index contributed by atoms with van der Waals surface area (Å²) in [6.45, 7) is 1.50. The molecule has 2 N–H and O–H groups in total. The third-order valence-corrected chi connectivity index (χ3v) is 5.82. The van der Waals surface area contributed by atoms with E-state index in [9.17, 15) is 15.0 Å². The third-order valence-electron chi connectivity index (χ3n) is 5.82. The number of nitrogens with zero attached hydrogens (tertiary/aromatic N) is 1. The highest BCUT2D eigenvalue weighted by Gasteiger charge is 2.44. The van der Waals surface area contributed by atoms with Crippen molar-refractivity contribution in [3.63, 3.8) is 0 Å². The van der Waals surface area contributed by atoms with Crippen LogP contribution in [0.1, 0.15) is 24.0 Å². The van der Waals surface area contributed by atoms with E-state index >= 15 is 0 Å². The maximum atomic E-state index is 12.8. The molecule has 22 heavy (non-hydrogen) atoms. The molecule has 0 unspecified atom stereocenters. The number of fused-ring (bicyclic) bond motifs is 2. The number of aliphatic hydroxyl groups is 2. The number of hydrogen-bond donors (Lipinski definition) is 2. The van der Waals surface area contributed by atoms with Gasteiger partial charge in [-0.1, -0.05) is 24.3 Å². The number of carbonyl (C=O) groups excluding carboxylic acids is 1. The first-order valence-electron chi connectivity index (χ1n) is 8.33. The van der Waals surface area contributed by atoms with Crippen molar-refractivity contribution in [2.24, 2.45) is 17.8 Å². The lowest BCUT2D eigenvalue weighted by Gasteiger charge is -2.31. The molecule has 1 saturated heterocycles. The average molecular weight is 301 g/mol. The highest BCUT2D eigenvalue weighted by molar-refractivity contribution is 5.80. The van der Waals surface area contributed by atoms with Gasteiger partial charge in [-0.15, -0.1) is 0 Å². The summed E-state index contributed by atoms with van der Waals surface area (Å²) in [4.78, 5) is 14.8. The Labute approximate surface area is 130 Å². The van der Waals surface area contributed by atoms with Gasteiger partial charge in [-0.05, 0) is 48.6 Å². The zero-order valence-electron chi connectivity index (χ0n) is 12.7. The number of carbonyl (C=O) groups is 1. The van der Waals surface area contributed by atoms with Gasteiger partial charge in [0, 0.05) is 19.0 Å². The second-order valence-corrected chi connectivity index (χ2v) is 7.24. The van der Waals surface area contributed by atoms with Crippen molar-refractivity contribution in [1.29, 1.82) is 0 Å². The van der Waals surface area contributed by atoms with Crippen LogP contribution in [0.15, 0.2) is 24.3 Å². The van der Waals surface area contributed by atoms with Crippen LogP contribution in [0.5, 0.6) is 0 Å². The van der Waals surface area contributed by atoms with Crippen LogP contribution in [-0.2, 0) is 17.6 Å². The lowest BCUT2D eigenvalue weighted by atomic mass is 9.79. The Morgan fingerprint density at radius 1 is 0.955 bits per heavy atom. The van der Waals surface area contributed by atoms with Crippen LogP contribution in [0, 0.1) is 17.8 Å². The quantitative estimate of drug-likeness (QED) is 0.813. The summed E-state index contributed by atoms with van der Waals surface area (Å²) in [5, 5.41) is 19.7. The van der Waals surface area contributed by atoms with Gasteiger partial charge >= 0.3 is 0 Å². The van der Waals surface area contributed by atoms with E-state index in [2.05, 4.69) is 12.1 Å². The fourth-order valence-electron chi connectivity index (χ4n) is 4.58. The lowest BCUT2D eigenvalue weighted by molar-refractivity contribution is -0.134. The van der Waals surface area contributed by atoms with E-state index < -0.39 is 12.2 Å². The Morgan fingerprint density at radius 3 is 1.95 bits per heavy atom. The summed E-state index contributed by atoms with van der Waals surface area (Å²) in [7, 11) is 0. The van der Waals surface area contributed by atoms with Gasteiger partial charge in [0.2, 0.25) is 5.91 Å². The fraction of sp³-hybridized carbons (Fsp3) is 0.611. The zero-order chi connectivity index (χ0) is 15.3. The molecular weight excluding hydrogens is 278 g/mol. The highest BCUT2D eigenvalue weighted by Crippen LogP contribution is 2.38. The molecule has 4 rings (SSSR count). The minimum absolute atomic E-state index is 0.0763. The Kier molecular flexibility index (Phi) is 3.46. The Morgan fingerprint density at radius 2 is 1.45 bits per heavy atom. The first kappa shape index (κ1) is 14.2. The average Bonchev–Trinajstić information content (AvgIpc) is 3.10. The van der Waals surface area contributed by atoms with Crippen LogP contribution in [0.25, 0.3) is 0 Å². The minimum atomic E-state index is -0.618. The fourth-order valence-corrected chi connectivity index (χ4v) is 4.58. The van der Waals surface area contributed by atoms with Gasteiger partial charge < -0.3 is 15.1 Å². The van der Waals surface area contributed by atoms with Gasteiger partial charge in [0.15, 0.2) is 0 Å². The van der Waals surface area contributed by atoms with E-state index in [1.54, 1.807) is 0 Å². The summed E-state index contributed by atoms with van der Waals surface area (Å²) < 4.78 is 0. The van der Waals surface area contributed by atoms with Crippen LogP contribution in [0.2, 0.25) is 0 Å². The lowest BCUT2D eigenvalue weighted by Crippen LogP contribution is -2.38. The summed E-state index contributed by atoms with van der Waals surface area (Å²) in [6.07, 6.45) is 1.72. The molecule has 0 bridgehead atoms. The second-order valence-electron chi connectivity index (χ2n) is 7.24. The first-order chi connectivity index (χ1) is 10.6. The van der Waals surface area contributed by atoms with Crippen molar-refractivity contribution in [1.82, 2.24) is 4.90 Å². The van der Waals surface area contributed by atoms with E-state index in [0.717, 1.165) is 25.9 Å². The van der Waals surface area contributed by atoms with Crippen LogP contribution >= 0.6 is 0 Å². The molecule has 0 aromatic heterocycles. The molecular formula is C18H23NO3. The van der Waals surface area contributed by atoms with E-state index in [0.29, 0.717) is 24.7 Å². The Balaban J connectivity index is 1.43. The van der Waals surface area contributed by atoms with Crippen molar-refractivity contribution < 1.29 is 15.0 Å². The van der Waals surface area contributed by atoms with Crippen LogP contribution in [0.4, 0.5) is 0 Å². The number of aliphatic hydroxyl groups excluding tert-OH is 2. The van der Waals surface area contributed by atoms with Crippen molar-refractivity contribution in [2.75, 3.05) is 13.1 Å². The molecule has 0 spiro atoms. The smallest absolute Gasteiger partial charge is 0.226 e. The zero-order valence-corrected chi connectivity index (χ0v) is 12.7. The summed E-state index contributed by atoms with van der Waals surface area (Å²) >= 11 is 0. The third kappa shape index (κ3) is 2.34. The van der Waals surface area contributed by atoms with Crippen molar-refractivity contribution >= 4 is 5.91 Å². The highest BCUT2D eigenvalue weighted by atomic mass is 16.3. The van der Waals surface area contributed by atoms with Gasteiger partial charge in [-0.25, -0.2) is 0 Å². The summed E-state index contributed by atoms with van der Waals surface area (Å²) in [5.74, 6) is 1.04. The molecule has 0 radical (unpaired) electrons. The standard InChI is InChI=1S/C18H23NO3/c20-16-7-14-9-19(10-15(14)8-17(16)21)18(22)13-5-11-3-1-2-4-12(11)6-13/h1-4,13-17,20-21H,5-10H2/t14-,15+,16+,17-. The first-order valence-corrected chi connectivity index (χ1v) is 8.33. The Bertz CT molecular complexity index is 544. The van der Waals surface area contributed by atoms with Crippen LogP contribution < -0.4 is 0 Å². The molecule has 3 aliphatic rings. The van der Waals surface area contributed by atoms with Crippen molar-refractivity contribution in [2.45, 2.75) is 37.9 Å². The molecule has 4 nitrogen and oxygen atoms in total. The molecule has 1 amide bonds. The van der Waals surface area contributed by atoms with Gasteiger partial charge in [-0.3, -0.25) is 4.79 Å². The Hall–Kier alpha value is -1.39. The van der Waals surface area contributed by atoms with Gasteiger partial charge in [0.1, 0.15) is 0 Å². The summed E-state index contributed by atoms with van der Waals surface area (Å²) in [6, 6.07) is 8.33. The monoisotopic (exact) mass is 301 g/mol. The maximum Gasteiger partial charge on any atom is 0.226 e. The number of rotatable bonds is 1. The van der Waals surface area contributed by atoms with E-state index in [-0.39, 0.29) is 11.8 Å². The molecule has 1 heterocycles. The number of likely N-dealkylation sites (tertiary alicyclic amines) is 1. The second kappa shape index (κ2) is 5.36. The molecule has 1 aromatic rings. The summed E-state index contributed by atoms with van der Waals surface area (Å²) in [5.41, 5.74) is 2.62. The normalized spacial score (nSPS) is 34.5. The van der Waals surface area contributed by atoms with E-state index in [1.807, 2.05) is 17.0 Å². The van der Waals surface area contributed by atoms with Gasteiger partial charge in [0.05, 0.1) is 12.2 Å². The SMILES string of the molecule is O=C(C1Cc2ccccc2C1)N1C[C@H]2C[C@H](O)[C@H](O)C[C@H]2C1. The van der Waals surface area contributed by atoms with Crippen molar-refractivity contribution in [3.05, 3.63) is 35.4 Å². The largest absolute Gasteiger partial charge is 0.390 e. The molecule has 118 valence electrons. The maximum absolute atomic E-state index is 12.8. The molecule has 2 aliphatic carbocycles. The number of benzene rings is 1. The van der Waals surface area contributed by atoms with Gasteiger partial charge in [-0.2, -0.15) is 0 Å². The van der Waals surface area contributed by atoms with Gasteiger partial charge in [0.25, 0.3) is 0 Å². The predicted molar refractivity (Wildman–Crippen MR) is 82.1 cm³/mol. The minimum Gasteiger partial charge on any atom is -0.390 e. The molecule has 2 fully saturated rings. The van der Waals surface area contributed by atoms with E-state index in [4.69, 9.17) is 0 Å². The number of amides is 1. The molecule has 1 saturated carbocycles. The predicted octanol–water partition coefficient (Wildman–Crippen LogP) is 0.992. The molecule has 4 heteroatoms. The van der Waals surface area contributed by atoms with E-state index in [1.165, 1.54) is 11.1 Å². The van der Waals surface area contributed by atoms with Crippen LogP contribution in [0.3, 0.4) is 0 Å².